The van der Waals surface area contributed by atoms with Gasteiger partial charge >= 0.3 is 0 Å². The number of carbonyl (C=O) groups is 1. The normalized spacial score (nSPS) is 22.5. The van der Waals surface area contributed by atoms with Gasteiger partial charge in [0.15, 0.2) is 9.84 Å². The third-order valence-electron chi connectivity index (χ3n) is 6.62. The minimum atomic E-state index is -3.16. The van der Waals surface area contributed by atoms with E-state index in [1.165, 1.54) is 25.5 Å². The van der Waals surface area contributed by atoms with Gasteiger partial charge in [0.1, 0.15) is 0 Å². The SMILES string of the molecule is CS(=O)(=O)c1ccc(N2CCN(CC(=O)N3CCN(C4CCC4)CC3)CC2)cc1. The fourth-order valence-electron chi connectivity index (χ4n) is 4.45. The quantitative estimate of drug-likeness (QED) is 0.706. The van der Waals surface area contributed by atoms with E-state index in [0.29, 0.717) is 11.4 Å². The average Bonchev–Trinajstić information content (AvgIpc) is 2.67. The number of rotatable bonds is 5. The van der Waals surface area contributed by atoms with E-state index in [-0.39, 0.29) is 5.91 Å². The first-order valence-corrected chi connectivity index (χ1v) is 12.6. The minimum Gasteiger partial charge on any atom is -0.369 e. The Labute approximate surface area is 174 Å². The molecule has 1 aliphatic carbocycles. The van der Waals surface area contributed by atoms with Gasteiger partial charge in [0.2, 0.25) is 5.91 Å². The van der Waals surface area contributed by atoms with Crippen molar-refractivity contribution < 1.29 is 13.2 Å². The number of sulfone groups is 1. The summed E-state index contributed by atoms with van der Waals surface area (Å²) in [6, 6.07) is 7.86. The fraction of sp³-hybridized carbons (Fsp3) is 0.667. The summed E-state index contributed by atoms with van der Waals surface area (Å²) < 4.78 is 23.2. The molecule has 1 aromatic carbocycles. The number of benzene rings is 1. The molecule has 0 bridgehead atoms. The summed E-state index contributed by atoms with van der Waals surface area (Å²) >= 11 is 0. The van der Waals surface area contributed by atoms with Gasteiger partial charge < -0.3 is 9.80 Å². The summed E-state index contributed by atoms with van der Waals surface area (Å²) in [5.41, 5.74) is 1.04. The van der Waals surface area contributed by atoms with E-state index in [1.807, 2.05) is 17.0 Å². The molecular formula is C21H32N4O3S. The van der Waals surface area contributed by atoms with E-state index in [0.717, 1.165) is 64.1 Å². The Hall–Kier alpha value is -1.64. The Morgan fingerprint density at radius 2 is 1.55 bits per heavy atom. The highest BCUT2D eigenvalue weighted by molar-refractivity contribution is 7.90. The lowest BCUT2D eigenvalue weighted by Gasteiger charge is -2.43. The van der Waals surface area contributed by atoms with Crippen molar-refractivity contribution in [3.8, 4) is 0 Å². The van der Waals surface area contributed by atoms with Crippen molar-refractivity contribution in [2.24, 2.45) is 0 Å². The molecule has 4 rings (SSSR count). The maximum Gasteiger partial charge on any atom is 0.236 e. The molecule has 0 atom stereocenters. The number of carbonyl (C=O) groups excluding carboxylic acids is 1. The number of hydrogen-bond donors (Lipinski definition) is 0. The first kappa shape index (κ1) is 20.6. The molecule has 0 aromatic heterocycles. The lowest BCUT2D eigenvalue weighted by molar-refractivity contribution is -0.134. The molecule has 3 fully saturated rings. The van der Waals surface area contributed by atoms with Crippen molar-refractivity contribution in [1.82, 2.24) is 14.7 Å². The smallest absolute Gasteiger partial charge is 0.236 e. The van der Waals surface area contributed by atoms with Gasteiger partial charge in [0, 0.05) is 70.3 Å². The predicted molar refractivity (Wildman–Crippen MR) is 114 cm³/mol. The summed E-state index contributed by atoms with van der Waals surface area (Å²) in [5, 5.41) is 0. The van der Waals surface area contributed by atoms with Crippen molar-refractivity contribution in [3.63, 3.8) is 0 Å². The molecule has 3 aliphatic rings. The third kappa shape index (κ3) is 4.92. The molecule has 7 nitrogen and oxygen atoms in total. The molecule has 0 spiro atoms. The van der Waals surface area contributed by atoms with Crippen LogP contribution in [0, 0.1) is 0 Å². The molecule has 0 unspecified atom stereocenters. The van der Waals surface area contributed by atoms with Crippen LogP contribution >= 0.6 is 0 Å². The highest BCUT2D eigenvalue weighted by atomic mass is 32.2. The molecule has 1 saturated carbocycles. The third-order valence-corrected chi connectivity index (χ3v) is 7.75. The van der Waals surface area contributed by atoms with Crippen LogP contribution in [0.15, 0.2) is 29.2 Å². The number of anilines is 1. The van der Waals surface area contributed by atoms with Crippen LogP contribution in [0.3, 0.4) is 0 Å². The molecule has 29 heavy (non-hydrogen) atoms. The first-order chi connectivity index (χ1) is 13.9. The Kier molecular flexibility index (Phi) is 6.13. The largest absolute Gasteiger partial charge is 0.369 e. The van der Waals surface area contributed by atoms with Crippen LogP contribution in [0.5, 0.6) is 0 Å². The Morgan fingerprint density at radius 1 is 0.931 bits per heavy atom. The van der Waals surface area contributed by atoms with Crippen LogP contribution in [0.25, 0.3) is 0 Å². The zero-order valence-corrected chi connectivity index (χ0v) is 18.1. The number of hydrogen-bond acceptors (Lipinski definition) is 6. The van der Waals surface area contributed by atoms with Crippen molar-refractivity contribution >= 4 is 21.4 Å². The maximum atomic E-state index is 12.7. The van der Waals surface area contributed by atoms with Crippen LogP contribution in [0.2, 0.25) is 0 Å². The van der Waals surface area contributed by atoms with Crippen molar-refractivity contribution in [2.45, 2.75) is 30.2 Å². The molecule has 8 heteroatoms. The van der Waals surface area contributed by atoms with E-state index < -0.39 is 9.84 Å². The summed E-state index contributed by atoms with van der Waals surface area (Å²) in [7, 11) is -3.16. The van der Waals surface area contributed by atoms with Gasteiger partial charge in [-0.05, 0) is 37.1 Å². The molecule has 1 amide bonds. The van der Waals surface area contributed by atoms with Gasteiger partial charge in [0.25, 0.3) is 0 Å². The van der Waals surface area contributed by atoms with E-state index in [2.05, 4.69) is 14.7 Å². The van der Waals surface area contributed by atoms with Gasteiger partial charge in [-0.1, -0.05) is 6.42 Å². The molecule has 0 N–H and O–H groups in total. The van der Waals surface area contributed by atoms with Gasteiger partial charge in [-0.2, -0.15) is 0 Å². The second kappa shape index (κ2) is 8.62. The van der Waals surface area contributed by atoms with E-state index in [4.69, 9.17) is 0 Å². The van der Waals surface area contributed by atoms with E-state index in [9.17, 15) is 13.2 Å². The molecular weight excluding hydrogens is 388 g/mol. The van der Waals surface area contributed by atoms with Crippen LogP contribution in [-0.4, -0.2) is 100 Å². The second-order valence-electron chi connectivity index (χ2n) is 8.53. The van der Waals surface area contributed by atoms with Crippen LogP contribution < -0.4 is 4.90 Å². The van der Waals surface area contributed by atoms with Gasteiger partial charge in [-0.3, -0.25) is 14.6 Å². The van der Waals surface area contributed by atoms with Crippen LogP contribution in [0.1, 0.15) is 19.3 Å². The number of amides is 1. The highest BCUT2D eigenvalue weighted by Gasteiger charge is 2.30. The molecule has 2 saturated heterocycles. The lowest BCUT2D eigenvalue weighted by Crippen LogP contribution is -2.56. The fourth-order valence-corrected chi connectivity index (χ4v) is 5.08. The monoisotopic (exact) mass is 420 g/mol. The molecule has 160 valence electrons. The zero-order chi connectivity index (χ0) is 20.4. The topological polar surface area (TPSA) is 64.2 Å². The van der Waals surface area contributed by atoms with Crippen molar-refractivity contribution in [3.05, 3.63) is 24.3 Å². The summed E-state index contributed by atoms with van der Waals surface area (Å²) in [5.74, 6) is 0.254. The molecule has 2 aliphatic heterocycles. The minimum absolute atomic E-state index is 0.254. The summed E-state index contributed by atoms with van der Waals surface area (Å²) in [6.45, 7) is 7.67. The molecule has 0 radical (unpaired) electrons. The van der Waals surface area contributed by atoms with Crippen LogP contribution in [-0.2, 0) is 14.6 Å². The highest BCUT2D eigenvalue weighted by Crippen LogP contribution is 2.25. The average molecular weight is 421 g/mol. The Balaban J connectivity index is 1.22. The van der Waals surface area contributed by atoms with Gasteiger partial charge in [0.05, 0.1) is 11.4 Å². The number of piperazine rings is 2. The van der Waals surface area contributed by atoms with Gasteiger partial charge in [-0.15, -0.1) is 0 Å². The lowest BCUT2D eigenvalue weighted by atomic mass is 9.91. The zero-order valence-electron chi connectivity index (χ0n) is 17.3. The predicted octanol–water partition coefficient (Wildman–Crippen LogP) is 0.909. The molecule has 2 heterocycles. The summed E-state index contributed by atoms with van der Waals surface area (Å²) in [6.07, 6.45) is 5.24. The molecule has 1 aromatic rings. The van der Waals surface area contributed by atoms with Crippen molar-refractivity contribution in [1.29, 1.82) is 0 Å². The second-order valence-corrected chi connectivity index (χ2v) is 10.5. The maximum absolute atomic E-state index is 12.7. The van der Waals surface area contributed by atoms with Crippen molar-refractivity contribution in [2.75, 3.05) is 70.1 Å². The Morgan fingerprint density at radius 3 is 2.07 bits per heavy atom. The van der Waals surface area contributed by atoms with Gasteiger partial charge in [-0.25, -0.2) is 8.42 Å². The van der Waals surface area contributed by atoms with E-state index in [1.54, 1.807) is 12.1 Å². The Bertz CT molecular complexity index is 807. The first-order valence-electron chi connectivity index (χ1n) is 10.7. The van der Waals surface area contributed by atoms with Crippen LogP contribution in [0.4, 0.5) is 5.69 Å². The number of nitrogens with zero attached hydrogens (tertiary/aromatic N) is 4. The van der Waals surface area contributed by atoms with E-state index >= 15 is 0 Å². The standard InChI is InChI=1S/C21H32N4O3S/c1-29(27,28)20-7-5-19(6-8-20)23-11-9-22(10-12-23)17-21(26)25-15-13-24(14-16-25)18-3-2-4-18/h5-8,18H,2-4,9-17H2,1H3. The summed E-state index contributed by atoms with van der Waals surface area (Å²) in [4.78, 5) is 22.1.